The number of hydrogen-bond acceptors (Lipinski definition) is 5. The van der Waals surface area contributed by atoms with Crippen LogP contribution in [-0.4, -0.2) is 65.5 Å². The van der Waals surface area contributed by atoms with Crippen LogP contribution < -0.4 is 15.4 Å². The molecule has 2 N–H and O–H groups in total. The van der Waals surface area contributed by atoms with Gasteiger partial charge in [-0.2, -0.15) is 13.2 Å². The minimum Gasteiger partial charge on any atom is -0.484 e. The second-order valence-corrected chi connectivity index (χ2v) is 8.64. The van der Waals surface area contributed by atoms with Crippen LogP contribution in [0.3, 0.4) is 0 Å². The first-order valence-electron chi connectivity index (χ1n) is 9.07. The lowest BCUT2D eigenvalue weighted by molar-refractivity contribution is -0.153. The fraction of sp³-hybridized carbons (Fsp3) is 0.611. The van der Waals surface area contributed by atoms with Gasteiger partial charge in [-0.15, -0.1) is 24.0 Å². The van der Waals surface area contributed by atoms with Crippen LogP contribution in [0.4, 0.5) is 13.2 Å². The van der Waals surface area contributed by atoms with E-state index in [1.807, 2.05) is 6.92 Å². The molecule has 0 heterocycles. The minimum absolute atomic E-state index is 0. The molecule has 0 atom stereocenters. The fourth-order valence-corrected chi connectivity index (χ4v) is 2.57. The molecule has 1 aromatic carbocycles. The Morgan fingerprint density at radius 1 is 1.20 bits per heavy atom. The van der Waals surface area contributed by atoms with Gasteiger partial charge in [-0.3, -0.25) is 0 Å². The van der Waals surface area contributed by atoms with E-state index >= 15 is 0 Å². The molecule has 0 saturated carbocycles. The smallest absolute Gasteiger partial charge is 0.422 e. The highest BCUT2D eigenvalue weighted by Crippen LogP contribution is 2.24. The number of hydrogen-bond donors (Lipinski definition) is 2. The van der Waals surface area contributed by atoms with Gasteiger partial charge in [0.15, 0.2) is 12.6 Å². The van der Waals surface area contributed by atoms with Gasteiger partial charge >= 0.3 is 6.18 Å². The quantitative estimate of drug-likeness (QED) is 0.185. The Bertz CT molecular complexity index is 774. The molecule has 0 spiro atoms. The van der Waals surface area contributed by atoms with E-state index in [0.717, 1.165) is 11.8 Å². The molecular formula is C18H29F3IN3O4S. The molecule has 0 aromatic heterocycles. The maximum Gasteiger partial charge on any atom is 0.422 e. The molecule has 1 rings (SSSR count). The number of halogens is 4. The second-order valence-electron chi connectivity index (χ2n) is 6.38. The molecule has 0 aliphatic rings. The largest absolute Gasteiger partial charge is 0.484 e. The van der Waals surface area contributed by atoms with Gasteiger partial charge in [0.05, 0.1) is 25.5 Å². The zero-order valence-electron chi connectivity index (χ0n) is 17.2. The average Bonchev–Trinajstić information content (AvgIpc) is 2.60. The molecule has 174 valence electrons. The van der Waals surface area contributed by atoms with Crippen molar-refractivity contribution in [1.82, 2.24) is 10.6 Å². The third-order valence-electron chi connectivity index (χ3n) is 3.50. The lowest BCUT2D eigenvalue weighted by atomic mass is 10.1. The molecule has 30 heavy (non-hydrogen) atoms. The summed E-state index contributed by atoms with van der Waals surface area (Å²) in [6.07, 6.45) is -3.28. The molecule has 0 radical (unpaired) electrons. The van der Waals surface area contributed by atoms with Crippen molar-refractivity contribution >= 4 is 39.8 Å². The van der Waals surface area contributed by atoms with Crippen LogP contribution in [0, 0.1) is 6.92 Å². The maximum absolute atomic E-state index is 12.5. The molecule has 0 aliphatic carbocycles. The Morgan fingerprint density at radius 2 is 1.90 bits per heavy atom. The normalized spacial score (nSPS) is 12.3. The van der Waals surface area contributed by atoms with E-state index in [1.165, 1.54) is 0 Å². The van der Waals surface area contributed by atoms with Crippen molar-refractivity contribution in [3.05, 3.63) is 29.3 Å². The van der Waals surface area contributed by atoms with Crippen molar-refractivity contribution in [2.45, 2.75) is 26.6 Å². The maximum atomic E-state index is 12.5. The standard InChI is InChI=1S/C18H28F3N3O4S.HI/c1-4-22-17(23-7-8-27-9-10-29(3,25)26)24-12-15-6-5-14(2)11-16(15)28-13-18(19,20)21;/h5-6,11H,4,7-10,12-13H2,1-3H3,(H2,22,23,24);1H. The van der Waals surface area contributed by atoms with Crippen LogP contribution in [0.1, 0.15) is 18.1 Å². The number of alkyl halides is 3. The summed E-state index contributed by atoms with van der Waals surface area (Å²) in [5.74, 6) is 0.558. The second kappa shape index (κ2) is 13.9. The summed E-state index contributed by atoms with van der Waals surface area (Å²) in [4.78, 5) is 4.36. The first-order valence-corrected chi connectivity index (χ1v) is 11.1. The van der Waals surface area contributed by atoms with Gasteiger partial charge in [0, 0.05) is 24.9 Å². The van der Waals surface area contributed by atoms with E-state index in [9.17, 15) is 21.6 Å². The Hall–Kier alpha value is -1.28. The fourth-order valence-electron chi connectivity index (χ4n) is 2.15. The van der Waals surface area contributed by atoms with Gasteiger partial charge in [0.1, 0.15) is 15.6 Å². The van der Waals surface area contributed by atoms with Crippen molar-refractivity contribution in [1.29, 1.82) is 0 Å². The Morgan fingerprint density at radius 3 is 2.50 bits per heavy atom. The zero-order valence-corrected chi connectivity index (χ0v) is 20.4. The van der Waals surface area contributed by atoms with Gasteiger partial charge in [-0.05, 0) is 25.5 Å². The number of benzene rings is 1. The first-order chi connectivity index (χ1) is 13.5. The van der Waals surface area contributed by atoms with E-state index in [2.05, 4.69) is 15.6 Å². The van der Waals surface area contributed by atoms with Crippen molar-refractivity contribution in [3.8, 4) is 5.75 Å². The van der Waals surface area contributed by atoms with Gasteiger partial charge < -0.3 is 20.1 Å². The number of nitrogens with zero attached hydrogens (tertiary/aromatic N) is 1. The Balaban J connectivity index is 0.00000841. The molecule has 0 amide bonds. The SMILES string of the molecule is CCNC(=NCc1ccc(C)cc1OCC(F)(F)F)NCCOCCS(C)(=O)=O.I. The topological polar surface area (TPSA) is 89.0 Å². The summed E-state index contributed by atoms with van der Waals surface area (Å²) in [5.41, 5.74) is 1.31. The summed E-state index contributed by atoms with van der Waals surface area (Å²) < 4.78 is 69.6. The predicted octanol–water partition coefficient (Wildman–Crippen LogP) is 2.67. The van der Waals surface area contributed by atoms with Crippen LogP contribution in [0.5, 0.6) is 5.75 Å². The molecule has 0 saturated heterocycles. The third-order valence-corrected chi connectivity index (χ3v) is 4.41. The van der Waals surface area contributed by atoms with Gasteiger partial charge in [0.25, 0.3) is 0 Å². The Labute approximate surface area is 192 Å². The molecular weight excluding hydrogens is 538 g/mol. The number of rotatable bonds is 11. The predicted molar refractivity (Wildman–Crippen MR) is 121 cm³/mol. The first kappa shape index (κ1) is 28.7. The van der Waals surface area contributed by atoms with E-state index in [4.69, 9.17) is 9.47 Å². The highest BCUT2D eigenvalue weighted by molar-refractivity contribution is 14.0. The Kier molecular flexibility index (Phi) is 13.3. The van der Waals surface area contributed by atoms with Crippen molar-refractivity contribution in [2.24, 2.45) is 4.99 Å². The molecule has 0 fully saturated rings. The van der Waals surface area contributed by atoms with Gasteiger partial charge in [-0.25, -0.2) is 13.4 Å². The third kappa shape index (κ3) is 13.9. The van der Waals surface area contributed by atoms with Crippen LogP contribution in [-0.2, 0) is 21.1 Å². The summed E-state index contributed by atoms with van der Waals surface area (Å²) in [5, 5.41) is 6.04. The molecule has 0 unspecified atom stereocenters. The van der Waals surface area contributed by atoms with Crippen molar-refractivity contribution < 1.29 is 31.1 Å². The summed E-state index contributed by atoms with van der Waals surface area (Å²) in [6, 6.07) is 5.01. The van der Waals surface area contributed by atoms with Crippen LogP contribution >= 0.6 is 24.0 Å². The molecule has 0 bridgehead atoms. The number of aliphatic imine (C=N–C) groups is 1. The van der Waals surface area contributed by atoms with E-state index < -0.39 is 22.6 Å². The minimum atomic E-state index is -4.42. The zero-order chi connectivity index (χ0) is 21.9. The highest BCUT2D eigenvalue weighted by Gasteiger charge is 2.28. The van der Waals surface area contributed by atoms with Crippen molar-refractivity contribution in [2.75, 3.05) is 44.9 Å². The molecule has 0 aliphatic heterocycles. The summed E-state index contributed by atoms with van der Waals surface area (Å²) in [6.45, 7) is 3.77. The number of guanidine groups is 1. The van der Waals surface area contributed by atoms with E-state index in [-0.39, 0.29) is 55.2 Å². The highest BCUT2D eigenvalue weighted by atomic mass is 127. The lowest BCUT2D eigenvalue weighted by Gasteiger charge is -2.14. The van der Waals surface area contributed by atoms with Gasteiger partial charge in [0.2, 0.25) is 0 Å². The monoisotopic (exact) mass is 567 g/mol. The number of aryl methyl sites for hydroxylation is 1. The summed E-state index contributed by atoms with van der Waals surface area (Å²) >= 11 is 0. The number of nitrogens with one attached hydrogen (secondary N) is 2. The van der Waals surface area contributed by atoms with E-state index in [1.54, 1.807) is 25.1 Å². The summed E-state index contributed by atoms with van der Waals surface area (Å²) in [7, 11) is -3.06. The molecule has 1 aromatic rings. The van der Waals surface area contributed by atoms with E-state index in [0.29, 0.717) is 24.6 Å². The van der Waals surface area contributed by atoms with Crippen LogP contribution in [0.25, 0.3) is 0 Å². The number of ether oxygens (including phenoxy) is 2. The lowest BCUT2D eigenvalue weighted by Crippen LogP contribution is -2.39. The van der Waals surface area contributed by atoms with Crippen LogP contribution in [0.15, 0.2) is 23.2 Å². The average molecular weight is 567 g/mol. The molecule has 7 nitrogen and oxygen atoms in total. The van der Waals surface area contributed by atoms with Gasteiger partial charge in [-0.1, -0.05) is 12.1 Å². The van der Waals surface area contributed by atoms with Crippen LogP contribution in [0.2, 0.25) is 0 Å². The molecule has 12 heteroatoms. The number of sulfone groups is 1. The van der Waals surface area contributed by atoms with Crippen molar-refractivity contribution in [3.63, 3.8) is 0 Å².